The second-order valence-electron chi connectivity index (χ2n) is 4.95. The van der Waals surface area contributed by atoms with E-state index in [4.69, 9.17) is 5.73 Å². The maximum Gasteiger partial charge on any atom is 0.180 e. The van der Waals surface area contributed by atoms with Crippen molar-refractivity contribution in [2.45, 2.75) is 11.8 Å². The molecule has 0 saturated carbocycles. The number of anilines is 2. The maximum atomic E-state index is 12.0. The number of nitrogens with two attached hydrogens (primary N) is 1. The fourth-order valence-electron chi connectivity index (χ4n) is 2.16. The summed E-state index contributed by atoms with van der Waals surface area (Å²) in [5, 5.41) is 0.357. The number of hydrogen-bond acceptors (Lipinski definition) is 8. The molecule has 10 heteroatoms. The van der Waals surface area contributed by atoms with Gasteiger partial charge in [-0.05, 0) is 0 Å². The molecular weight excluding hydrogens is 336 g/mol. The Morgan fingerprint density at radius 3 is 2.24 bits per heavy atom. The van der Waals surface area contributed by atoms with Gasteiger partial charge in [0.15, 0.2) is 25.5 Å². The summed E-state index contributed by atoms with van der Waals surface area (Å²) in [7, 11) is -6.69. The predicted octanol–water partition coefficient (Wildman–Crippen LogP) is 0.171. The van der Waals surface area contributed by atoms with E-state index >= 15 is 0 Å². The van der Waals surface area contributed by atoms with Crippen molar-refractivity contribution in [2.75, 3.05) is 41.5 Å². The first kappa shape index (κ1) is 16.2. The standard InChI is InChI=1S/C11H16N2O5S3/c1-7(14)9-8(12)10(20(2,15)16)11(19-9)13-3-5-21(17,18)6-4-13/h3-6,12H2,1-2H3. The fourth-order valence-corrected chi connectivity index (χ4v) is 6.02. The Bertz CT molecular complexity index is 778. The number of thiophene rings is 1. The van der Waals surface area contributed by atoms with E-state index in [1.807, 2.05) is 0 Å². The zero-order chi connectivity index (χ0) is 16.0. The summed E-state index contributed by atoms with van der Waals surface area (Å²) >= 11 is 1.01. The molecule has 0 unspecified atom stereocenters. The van der Waals surface area contributed by atoms with Gasteiger partial charge in [0, 0.05) is 26.3 Å². The average molecular weight is 352 g/mol. The molecule has 1 aliphatic heterocycles. The van der Waals surface area contributed by atoms with Crippen LogP contribution in [0.4, 0.5) is 10.7 Å². The summed E-state index contributed by atoms with van der Waals surface area (Å²) in [4.78, 5) is 13.4. The fraction of sp³-hybridized carbons (Fsp3) is 0.545. The monoisotopic (exact) mass is 352 g/mol. The summed E-state index contributed by atoms with van der Waals surface area (Å²) in [5.74, 6) is -0.384. The Balaban J connectivity index is 2.54. The molecule has 0 aromatic carbocycles. The summed E-state index contributed by atoms with van der Waals surface area (Å²) < 4.78 is 46.8. The van der Waals surface area contributed by atoms with Crippen LogP contribution in [0.5, 0.6) is 0 Å². The summed E-state index contributed by atoms with van der Waals surface area (Å²) in [6, 6.07) is 0. The molecule has 2 N–H and O–H groups in total. The normalized spacial score (nSPS) is 18.7. The van der Waals surface area contributed by atoms with Crippen LogP contribution < -0.4 is 10.6 Å². The highest BCUT2D eigenvalue weighted by atomic mass is 32.2. The van der Waals surface area contributed by atoms with E-state index in [1.54, 1.807) is 4.90 Å². The van der Waals surface area contributed by atoms with E-state index in [0.29, 0.717) is 5.00 Å². The lowest BCUT2D eigenvalue weighted by Gasteiger charge is -2.28. The number of hydrogen-bond donors (Lipinski definition) is 1. The predicted molar refractivity (Wildman–Crippen MR) is 82.7 cm³/mol. The highest BCUT2D eigenvalue weighted by Crippen LogP contribution is 2.42. The number of rotatable bonds is 3. The van der Waals surface area contributed by atoms with Crippen LogP contribution in [-0.2, 0) is 19.7 Å². The molecule has 118 valence electrons. The number of nitrogen functional groups attached to an aromatic ring is 1. The molecule has 0 atom stereocenters. The van der Waals surface area contributed by atoms with Crippen molar-refractivity contribution < 1.29 is 21.6 Å². The quantitative estimate of drug-likeness (QED) is 0.771. The zero-order valence-electron chi connectivity index (χ0n) is 11.6. The minimum atomic E-state index is -3.61. The highest BCUT2D eigenvalue weighted by molar-refractivity contribution is 7.91. The molecule has 21 heavy (non-hydrogen) atoms. The Hall–Kier alpha value is -1.13. The van der Waals surface area contributed by atoms with Crippen molar-refractivity contribution in [3.05, 3.63) is 4.88 Å². The molecule has 2 heterocycles. The molecule has 0 spiro atoms. The first-order chi connectivity index (χ1) is 9.53. The zero-order valence-corrected chi connectivity index (χ0v) is 14.1. The number of Topliss-reactive ketones (excluding diaryl/α,β-unsaturated/α-hetero) is 1. The van der Waals surface area contributed by atoms with Crippen molar-refractivity contribution in [1.82, 2.24) is 0 Å². The number of carbonyl (C=O) groups is 1. The van der Waals surface area contributed by atoms with Gasteiger partial charge in [-0.25, -0.2) is 16.8 Å². The van der Waals surface area contributed by atoms with Crippen molar-refractivity contribution >= 4 is 47.5 Å². The highest BCUT2D eigenvalue weighted by Gasteiger charge is 2.31. The van der Waals surface area contributed by atoms with Crippen LogP contribution in [0, 0.1) is 0 Å². The number of ketones is 1. The molecular formula is C11H16N2O5S3. The van der Waals surface area contributed by atoms with Crippen LogP contribution >= 0.6 is 11.3 Å². The third-order valence-corrected chi connectivity index (χ3v) is 7.46. The minimum Gasteiger partial charge on any atom is -0.396 e. The van der Waals surface area contributed by atoms with Crippen molar-refractivity contribution in [2.24, 2.45) is 0 Å². The Labute approximate surface area is 127 Å². The molecule has 0 radical (unpaired) electrons. The van der Waals surface area contributed by atoms with Gasteiger partial charge in [-0.3, -0.25) is 4.79 Å². The molecule has 1 aromatic rings. The topological polar surface area (TPSA) is 115 Å². The first-order valence-corrected chi connectivity index (χ1v) is 10.6. The number of carbonyl (C=O) groups excluding carboxylic acids is 1. The number of nitrogens with zero attached hydrogens (tertiary/aromatic N) is 1. The van der Waals surface area contributed by atoms with Gasteiger partial charge in [0.2, 0.25) is 0 Å². The second kappa shape index (κ2) is 5.25. The van der Waals surface area contributed by atoms with Gasteiger partial charge in [-0.2, -0.15) is 0 Å². The molecule has 2 rings (SSSR count). The molecule has 0 bridgehead atoms. The van der Waals surface area contributed by atoms with Crippen LogP contribution in [0.3, 0.4) is 0 Å². The van der Waals surface area contributed by atoms with E-state index in [2.05, 4.69) is 0 Å². The van der Waals surface area contributed by atoms with Crippen LogP contribution in [0.2, 0.25) is 0 Å². The molecule has 1 saturated heterocycles. The van der Waals surface area contributed by atoms with Gasteiger partial charge in [0.05, 0.1) is 22.1 Å². The van der Waals surface area contributed by atoms with E-state index in [-0.39, 0.29) is 45.8 Å². The Morgan fingerprint density at radius 2 is 1.81 bits per heavy atom. The first-order valence-electron chi connectivity index (χ1n) is 6.11. The molecule has 1 aromatic heterocycles. The lowest BCUT2D eigenvalue weighted by molar-refractivity contribution is 0.102. The van der Waals surface area contributed by atoms with Crippen molar-refractivity contribution in [3.63, 3.8) is 0 Å². The lowest BCUT2D eigenvalue weighted by Crippen LogP contribution is -2.40. The third-order valence-electron chi connectivity index (χ3n) is 3.20. The van der Waals surface area contributed by atoms with Gasteiger partial charge < -0.3 is 10.6 Å². The Morgan fingerprint density at radius 1 is 1.29 bits per heavy atom. The average Bonchev–Trinajstić information content (AvgIpc) is 2.66. The van der Waals surface area contributed by atoms with Gasteiger partial charge in [-0.1, -0.05) is 0 Å². The third kappa shape index (κ3) is 3.22. The smallest absolute Gasteiger partial charge is 0.180 e. The van der Waals surface area contributed by atoms with Crippen molar-refractivity contribution in [1.29, 1.82) is 0 Å². The number of sulfone groups is 2. The van der Waals surface area contributed by atoms with Crippen LogP contribution in [-0.4, -0.2) is 53.5 Å². The Kier molecular flexibility index (Phi) is 4.06. The van der Waals surface area contributed by atoms with Gasteiger partial charge in [0.1, 0.15) is 9.90 Å². The lowest BCUT2D eigenvalue weighted by atomic mass is 10.3. The summed E-state index contributed by atoms with van der Waals surface area (Å²) in [6.45, 7) is 1.71. The molecule has 0 amide bonds. The van der Waals surface area contributed by atoms with E-state index < -0.39 is 19.7 Å². The van der Waals surface area contributed by atoms with E-state index in [9.17, 15) is 21.6 Å². The molecule has 1 fully saturated rings. The maximum absolute atomic E-state index is 12.0. The minimum absolute atomic E-state index is 0.0383. The van der Waals surface area contributed by atoms with Crippen molar-refractivity contribution in [3.8, 4) is 0 Å². The SMILES string of the molecule is CC(=O)c1sc(N2CCS(=O)(=O)CC2)c(S(C)(=O)=O)c1N. The van der Waals surface area contributed by atoms with Crippen LogP contribution in [0.1, 0.15) is 16.6 Å². The van der Waals surface area contributed by atoms with Crippen LogP contribution in [0.25, 0.3) is 0 Å². The molecule has 0 aliphatic carbocycles. The van der Waals surface area contributed by atoms with E-state index in [1.165, 1.54) is 6.92 Å². The second-order valence-corrected chi connectivity index (χ2v) is 10.2. The van der Waals surface area contributed by atoms with E-state index in [0.717, 1.165) is 17.6 Å². The molecule has 7 nitrogen and oxygen atoms in total. The largest absolute Gasteiger partial charge is 0.396 e. The van der Waals surface area contributed by atoms with Gasteiger partial charge in [0.25, 0.3) is 0 Å². The van der Waals surface area contributed by atoms with Gasteiger partial charge >= 0.3 is 0 Å². The van der Waals surface area contributed by atoms with Gasteiger partial charge in [-0.15, -0.1) is 11.3 Å². The molecule has 1 aliphatic rings. The van der Waals surface area contributed by atoms with Crippen LogP contribution in [0.15, 0.2) is 4.90 Å². The summed E-state index contributed by atoms with van der Waals surface area (Å²) in [6.07, 6.45) is 1.03. The summed E-state index contributed by atoms with van der Waals surface area (Å²) in [5.41, 5.74) is 5.77.